The molecule has 0 radical (unpaired) electrons. The van der Waals surface area contributed by atoms with Gasteiger partial charge in [-0.3, -0.25) is 0 Å². The predicted octanol–water partition coefficient (Wildman–Crippen LogP) is 1.68. The summed E-state index contributed by atoms with van der Waals surface area (Å²) < 4.78 is 7.42. The number of aromatic nitrogens is 3. The van der Waals surface area contributed by atoms with E-state index in [0.29, 0.717) is 11.7 Å². The molecule has 4 rings (SSSR count). The van der Waals surface area contributed by atoms with E-state index >= 15 is 0 Å². The van der Waals surface area contributed by atoms with E-state index in [-0.39, 0.29) is 6.10 Å². The number of rotatable bonds is 7. The van der Waals surface area contributed by atoms with E-state index in [1.807, 2.05) is 22.9 Å². The Bertz CT molecular complexity index is 727. The minimum Gasteiger partial charge on any atom is -0.386 e. The van der Waals surface area contributed by atoms with E-state index < -0.39 is 0 Å². The van der Waals surface area contributed by atoms with Crippen LogP contribution >= 0.6 is 11.8 Å². The van der Waals surface area contributed by atoms with Gasteiger partial charge in [0.05, 0.1) is 18.9 Å². The second-order valence-corrected chi connectivity index (χ2v) is 8.85. The van der Waals surface area contributed by atoms with Gasteiger partial charge in [-0.15, -0.1) is 5.10 Å². The van der Waals surface area contributed by atoms with Crippen molar-refractivity contribution in [1.29, 1.82) is 0 Å². The largest absolute Gasteiger partial charge is 0.386 e. The summed E-state index contributed by atoms with van der Waals surface area (Å²) in [7, 11) is 0. The molecule has 0 bridgehead atoms. The van der Waals surface area contributed by atoms with Crippen LogP contribution in [0.15, 0.2) is 35.5 Å². The van der Waals surface area contributed by atoms with Crippen LogP contribution < -0.4 is 4.90 Å². The van der Waals surface area contributed by atoms with Crippen molar-refractivity contribution in [3.05, 3.63) is 36.2 Å². The first-order chi connectivity index (χ1) is 13.8. The first kappa shape index (κ1) is 19.9. The molecule has 1 saturated heterocycles. The van der Waals surface area contributed by atoms with E-state index in [0.717, 1.165) is 49.5 Å². The lowest BCUT2D eigenvalue weighted by molar-refractivity contribution is -0.910. The van der Waals surface area contributed by atoms with Crippen LogP contribution in [0.4, 0.5) is 0 Å². The Balaban J connectivity index is 1.44. The van der Waals surface area contributed by atoms with Crippen molar-refractivity contribution in [2.24, 2.45) is 0 Å². The maximum atomic E-state index is 10.5. The van der Waals surface area contributed by atoms with Crippen LogP contribution in [0.2, 0.25) is 0 Å². The van der Waals surface area contributed by atoms with Gasteiger partial charge in [0.25, 0.3) is 0 Å². The fourth-order valence-corrected chi connectivity index (χ4v) is 4.93. The van der Waals surface area contributed by atoms with Gasteiger partial charge in [0.15, 0.2) is 0 Å². The van der Waals surface area contributed by atoms with Crippen molar-refractivity contribution in [1.82, 2.24) is 14.8 Å². The van der Waals surface area contributed by atoms with Gasteiger partial charge in [-0.1, -0.05) is 49.2 Å². The van der Waals surface area contributed by atoms with Crippen LogP contribution in [0.25, 0.3) is 5.69 Å². The van der Waals surface area contributed by atoms with Crippen molar-refractivity contribution < 1.29 is 14.7 Å². The average molecular weight is 404 g/mol. The maximum Gasteiger partial charge on any atom is 0.209 e. The van der Waals surface area contributed by atoms with E-state index in [2.05, 4.69) is 12.1 Å². The highest BCUT2D eigenvalue weighted by molar-refractivity contribution is 7.99. The minimum atomic E-state index is -0.347. The Morgan fingerprint density at radius 2 is 1.89 bits per heavy atom. The van der Waals surface area contributed by atoms with Crippen molar-refractivity contribution in [3.63, 3.8) is 0 Å². The molecule has 28 heavy (non-hydrogen) atoms. The lowest BCUT2D eigenvalue weighted by atomic mass is 9.88. The topological polar surface area (TPSA) is 64.6 Å². The van der Waals surface area contributed by atoms with Gasteiger partial charge in [-0.25, -0.2) is 9.67 Å². The number of benzene rings is 1. The van der Waals surface area contributed by atoms with Crippen LogP contribution in [-0.4, -0.2) is 64.6 Å². The number of para-hydroxylation sites is 1. The van der Waals surface area contributed by atoms with Gasteiger partial charge in [-0.2, -0.15) is 0 Å². The summed E-state index contributed by atoms with van der Waals surface area (Å²) in [6.45, 7) is 4.32. The third kappa shape index (κ3) is 5.14. The highest BCUT2D eigenvalue weighted by atomic mass is 32.2. The summed E-state index contributed by atoms with van der Waals surface area (Å²) in [6, 6.07) is 10.3. The Morgan fingerprint density at radius 3 is 2.64 bits per heavy atom. The van der Waals surface area contributed by atoms with Gasteiger partial charge < -0.3 is 14.7 Å². The number of ether oxygens (including phenoxy) is 1. The number of aliphatic hydroxyl groups excluding tert-OH is 1. The number of nitrogens with one attached hydrogen (secondary N) is 1. The number of hydrogen-bond donors (Lipinski definition) is 2. The fourth-order valence-electron chi connectivity index (χ4n) is 4.18. The third-order valence-corrected chi connectivity index (χ3v) is 6.70. The van der Waals surface area contributed by atoms with Crippen molar-refractivity contribution in [3.8, 4) is 5.69 Å². The number of thioether (sulfide) groups is 1. The van der Waals surface area contributed by atoms with Gasteiger partial charge in [0.2, 0.25) is 5.16 Å². The molecule has 7 heteroatoms. The van der Waals surface area contributed by atoms with Crippen molar-refractivity contribution in [2.45, 2.75) is 49.3 Å². The maximum absolute atomic E-state index is 10.5. The quantitative estimate of drug-likeness (QED) is 0.689. The van der Waals surface area contributed by atoms with E-state index in [4.69, 9.17) is 14.8 Å². The van der Waals surface area contributed by atoms with E-state index in [1.165, 1.54) is 37.0 Å². The predicted molar refractivity (Wildman–Crippen MR) is 110 cm³/mol. The Hall–Kier alpha value is -1.41. The summed E-state index contributed by atoms with van der Waals surface area (Å²) in [4.78, 5) is 6.33. The molecule has 2 aromatic rings. The molecule has 1 aromatic carbocycles. The molecule has 1 aliphatic carbocycles. The lowest BCUT2D eigenvalue weighted by Crippen LogP contribution is -3.15. The minimum absolute atomic E-state index is 0.347. The monoisotopic (exact) mass is 403 g/mol. The molecule has 1 saturated carbocycles. The van der Waals surface area contributed by atoms with Crippen LogP contribution in [0.5, 0.6) is 0 Å². The summed E-state index contributed by atoms with van der Waals surface area (Å²) in [6.07, 6.45) is 5.91. The molecule has 1 atom stereocenters. The van der Waals surface area contributed by atoms with Gasteiger partial charge in [-0.05, 0) is 25.0 Å². The van der Waals surface area contributed by atoms with Gasteiger partial charge >= 0.3 is 0 Å². The lowest BCUT2D eigenvalue weighted by Gasteiger charge is -2.25. The summed E-state index contributed by atoms with van der Waals surface area (Å²) >= 11 is 1.57. The Kier molecular flexibility index (Phi) is 7.01. The number of nitrogens with zero attached hydrogens (tertiary/aromatic N) is 3. The number of quaternary nitrogens is 1. The molecule has 152 valence electrons. The molecule has 6 nitrogen and oxygen atoms in total. The molecule has 2 N–H and O–H groups in total. The molecule has 2 aliphatic rings. The smallest absolute Gasteiger partial charge is 0.209 e. The zero-order valence-corrected chi connectivity index (χ0v) is 17.2. The van der Waals surface area contributed by atoms with Gasteiger partial charge in [0.1, 0.15) is 31.6 Å². The molecule has 0 unspecified atom stereocenters. The SMILES string of the molecule is O[C@H](CSc1nc(C2CCCCC2)n(-c2ccccc2)n1)C[NH+]1CCOCC1. The van der Waals surface area contributed by atoms with Crippen molar-refractivity contribution in [2.75, 3.05) is 38.6 Å². The number of aliphatic hydroxyl groups is 1. The van der Waals surface area contributed by atoms with Crippen LogP contribution in [0, 0.1) is 0 Å². The van der Waals surface area contributed by atoms with Crippen LogP contribution in [0.1, 0.15) is 43.8 Å². The molecular weight excluding hydrogens is 372 g/mol. The highest BCUT2D eigenvalue weighted by Gasteiger charge is 2.24. The summed E-state index contributed by atoms with van der Waals surface area (Å²) in [5, 5.41) is 16.0. The standard InChI is InChI=1S/C21H30N4O2S/c26-19(15-24-11-13-27-14-12-24)16-28-21-22-20(17-7-3-1-4-8-17)25(23-21)18-9-5-2-6-10-18/h2,5-6,9-10,17,19,26H,1,3-4,7-8,11-16H2/p+1/t19-/m0/s1. The zero-order chi connectivity index (χ0) is 19.2. The second-order valence-electron chi connectivity index (χ2n) is 7.87. The van der Waals surface area contributed by atoms with Crippen LogP contribution in [-0.2, 0) is 4.74 Å². The number of hydrogen-bond acceptors (Lipinski definition) is 5. The third-order valence-electron chi connectivity index (χ3n) is 5.71. The molecule has 2 heterocycles. The van der Waals surface area contributed by atoms with Gasteiger partial charge in [0, 0.05) is 11.7 Å². The molecule has 1 aromatic heterocycles. The van der Waals surface area contributed by atoms with E-state index in [9.17, 15) is 5.11 Å². The molecule has 0 spiro atoms. The molecule has 0 amide bonds. The first-order valence-corrected chi connectivity index (χ1v) is 11.5. The highest BCUT2D eigenvalue weighted by Crippen LogP contribution is 2.33. The van der Waals surface area contributed by atoms with Crippen LogP contribution in [0.3, 0.4) is 0 Å². The Labute approximate surface area is 171 Å². The zero-order valence-electron chi connectivity index (χ0n) is 16.4. The average Bonchev–Trinajstić information content (AvgIpc) is 3.19. The number of morpholine rings is 1. The summed E-state index contributed by atoms with van der Waals surface area (Å²) in [5.41, 5.74) is 1.07. The first-order valence-electron chi connectivity index (χ1n) is 10.5. The molecule has 2 fully saturated rings. The van der Waals surface area contributed by atoms with Crippen molar-refractivity contribution >= 4 is 11.8 Å². The normalized spacial score (nSPS) is 20.3. The molecular formula is C21H31N4O2S+. The molecule has 1 aliphatic heterocycles. The second kappa shape index (κ2) is 9.87. The fraction of sp³-hybridized carbons (Fsp3) is 0.619. The van der Waals surface area contributed by atoms with E-state index in [1.54, 1.807) is 11.8 Å². The Morgan fingerprint density at radius 1 is 1.14 bits per heavy atom. The summed E-state index contributed by atoms with van der Waals surface area (Å²) in [5.74, 6) is 2.20.